The Morgan fingerprint density at radius 3 is 2.68 bits per heavy atom. The van der Waals surface area contributed by atoms with Crippen LogP contribution >= 0.6 is 0 Å². The van der Waals surface area contributed by atoms with Crippen LogP contribution in [-0.4, -0.2) is 44.5 Å². The molecule has 0 spiro atoms. The monoisotopic (exact) mass is 600 g/mol. The highest BCUT2D eigenvalue weighted by atomic mass is 16.6. The number of phenolic OH excluding ortho intramolecular Hbond substituents is 2. The number of hydrogen-bond acceptors (Lipinski definition) is 10. The van der Waals surface area contributed by atoms with Crippen LogP contribution in [0, 0.1) is 0 Å². The molecule has 230 valence electrons. The number of benzene rings is 2. The molecule has 44 heavy (non-hydrogen) atoms. The zero-order valence-electron chi connectivity index (χ0n) is 25.1. The van der Waals surface area contributed by atoms with Crippen molar-refractivity contribution in [3.63, 3.8) is 0 Å². The molecule has 10 nitrogen and oxygen atoms in total. The molecule has 1 aliphatic rings. The molecule has 2 unspecified atom stereocenters. The van der Waals surface area contributed by atoms with Gasteiger partial charge in [-0.3, -0.25) is 4.79 Å². The topological polar surface area (TPSA) is 151 Å². The van der Waals surface area contributed by atoms with Gasteiger partial charge >= 0.3 is 5.97 Å². The number of rotatable bonds is 9. The summed E-state index contributed by atoms with van der Waals surface area (Å²) in [5.74, 6) is 0.0971. The molecule has 3 heterocycles. The average Bonchev–Trinajstić information content (AvgIpc) is 3.01. The molecule has 10 heteroatoms. The predicted molar refractivity (Wildman–Crippen MR) is 166 cm³/mol. The van der Waals surface area contributed by atoms with E-state index in [4.69, 9.17) is 13.9 Å². The maximum Gasteiger partial charge on any atom is 0.333 e. The summed E-state index contributed by atoms with van der Waals surface area (Å²) in [4.78, 5) is 30.7. The number of anilines is 1. The Labute approximate surface area is 254 Å². The number of aryl methyl sites for hydroxylation is 1. The summed E-state index contributed by atoms with van der Waals surface area (Å²) in [6, 6.07) is 11.4. The van der Waals surface area contributed by atoms with Gasteiger partial charge in [-0.25, -0.2) is 9.78 Å². The minimum atomic E-state index is -1.10. The molecule has 5 rings (SSSR count). The van der Waals surface area contributed by atoms with Crippen LogP contribution in [0.3, 0.4) is 0 Å². The van der Waals surface area contributed by atoms with Crippen molar-refractivity contribution < 1.29 is 34.0 Å². The van der Waals surface area contributed by atoms with E-state index in [0.717, 1.165) is 24.0 Å². The number of esters is 1. The summed E-state index contributed by atoms with van der Waals surface area (Å²) in [6.45, 7) is 7.44. The summed E-state index contributed by atoms with van der Waals surface area (Å²) in [7, 11) is 0. The molecule has 0 radical (unpaired) electrons. The van der Waals surface area contributed by atoms with Crippen LogP contribution in [0.5, 0.6) is 17.2 Å². The van der Waals surface area contributed by atoms with Crippen LogP contribution in [0.2, 0.25) is 0 Å². The van der Waals surface area contributed by atoms with Gasteiger partial charge in [0.05, 0.1) is 5.56 Å². The fourth-order valence-corrected chi connectivity index (χ4v) is 5.43. The molecule has 2 atom stereocenters. The van der Waals surface area contributed by atoms with Gasteiger partial charge < -0.3 is 34.5 Å². The Balaban J connectivity index is 1.68. The lowest BCUT2D eigenvalue weighted by Crippen LogP contribution is -2.51. The van der Waals surface area contributed by atoms with Gasteiger partial charge in [0.25, 0.3) is 0 Å². The van der Waals surface area contributed by atoms with E-state index < -0.39 is 29.7 Å². The average molecular weight is 601 g/mol. The summed E-state index contributed by atoms with van der Waals surface area (Å²) >= 11 is 0. The number of aliphatic hydroxyl groups excluding tert-OH is 1. The van der Waals surface area contributed by atoms with E-state index in [2.05, 4.69) is 10.3 Å². The van der Waals surface area contributed by atoms with Crippen molar-refractivity contribution in [3.05, 3.63) is 87.4 Å². The Kier molecular flexibility index (Phi) is 8.64. The van der Waals surface area contributed by atoms with Crippen LogP contribution in [0.1, 0.15) is 51.0 Å². The highest BCUT2D eigenvalue weighted by Crippen LogP contribution is 2.51. The highest BCUT2D eigenvalue weighted by Gasteiger charge is 2.46. The van der Waals surface area contributed by atoms with E-state index in [1.54, 1.807) is 38.3 Å². The van der Waals surface area contributed by atoms with Gasteiger partial charge in [-0.1, -0.05) is 24.3 Å². The second-order valence-electron chi connectivity index (χ2n) is 11.1. The third-order valence-electron chi connectivity index (χ3n) is 8.04. The van der Waals surface area contributed by atoms with Gasteiger partial charge in [0.2, 0.25) is 0 Å². The number of fused-ring (bicyclic) bond motifs is 2. The van der Waals surface area contributed by atoms with Crippen LogP contribution in [-0.2, 0) is 29.0 Å². The van der Waals surface area contributed by atoms with Gasteiger partial charge in [-0.2, -0.15) is 0 Å². The molecule has 0 bridgehead atoms. The zero-order chi connectivity index (χ0) is 31.6. The lowest BCUT2D eigenvalue weighted by molar-refractivity contribution is -0.158. The molecule has 4 N–H and O–H groups in total. The van der Waals surface area contributed by atoms with Crippen molar-refractivity contribution in [3.8, 4) is 28.4 Å². The number of nitrogens with zero attached hydrogens (tertiary/aromatic N) is 1. The number of phenols is 2. The van der Waals surface area contributed by atoms with Gasteiger partial charge in [-0.05, 0) is 69.9 Å². The lowest BCUT2D eigenvalue weighted by atomic mass is 9.82. The molecule has 0 amide bonds. The zero-order valence-corrected chi connectivity index (χ0v) is 25.1. The fraction of sp³-hybridized carbons (Fsp3) is 0.324. The van der Waals surface area contributed by atoms with Crippen LogP contribution in [0.4, 0.5) is 5.82 Å². The van der Waals surface area contributed by atoms with Crippen LogP contribution in [0.15, 0.2) is 69.5 Å². The number of aromatic hydroxyl groups is 2. The van der Waals surface area contributed by atoms with Crippen molar-refractivity contribution in [2.75, 3.05) is 11.9 Å². The van der Waals surface area contributed by atoms with Crippen LogP contribution in [0.25, 0.3) is 22.1 Å². The van der Waals surface area contributed by atoms with Crippen molar-refractivity contribution in [2.45, 2.75) is 65.3 Å². The molecule has 2 aromatic heterocycles. The molecule has 0 fully saturated rings. The van der Waals surface area contributed by atoms with Gasteiger partial charge in [0, 0.05) is 36.4 Å². The largest absolute Gasteiger partial charge is 0.508 e. The maximum absolute atomic E-state index is 13.2. The molecule has 1 aliphatic heterocycles. The van der Waals surface area contributed by atoms with E-state index >= 15 is 0 Å². The van der Waals surface area contributed by atoms with Crippen molar-refractivity contribution in [2.24, 2.45) is 0 Å². The summed E-state index contributed by atoms with van der Waals surface area (Å²) < 4.78 is 18.7. The summed E-state index contributed by atoms with van der Waals surface area (Å²) in [5.41, 5.74) is 0.782. The number of carbonyl (C=O) groups excluding carboxylic acids is 1. The second-order valence-corrected chi connectivity index (χ2v) is 11.1. The number of ether oxygens (including phenoxy) is 2. The summed E-state index contributed by atoms with van der Waals surface area (Å²) in [5, 5.41) is 34.7. The molecule has 0 saturated carbocycles. The molecule has 0 saturated heterocycles. The SMILES string of the molecule is CC=C(C)C(=O)OC1Cc2c(c(-c3cccc(O)c3)c3oc(CO)cc(=O)c3c2O)OC1(C)CCc1ccc(NCC)nc1. The van der Waals surface area contributed by atoms with E-state index in [9.17, 15) is 24.9 Å². The van der Waals surface area contributed by atoms with E-state index in [1.807, 2.05) is 26.0 Å². The van der Waals surface area contributed by atoms with Crippen molar-refractivity contribution >= 4 is 22.8 Å². The van der Waals surface area contributed by atoms with E-state index in [-0.39, 0.29) is 46.0 Å². The molecule has 4 aromatic rings. The first-order chi connectivity index (χ1) is 21.1. The number of pyridine rings is 1. The summed E-state index contributed by atoms with van der Waals surface area (Å²) in [6.07, 6.45) is 3.58. The molecule has 0 aliphatic carbocycles. The van der Waals surface area contributed by atoms with Crippen molar-refractivity contribution in [1.82, 2.24) is 4.98 Å². The Morgan fingerprint density at radius 2 is 2.02 bits per heavy atom. The number of aromatic nitrogens is 1. The maximum atomic E-state index is 13.2. The van der Waals surface area contributed by atoms with Crippen molar-refractivity contribution in [1.29, 1.82) is 0 Å². The second kappa shape index (κ2) is 12.4. The predicted octanol–water partition coefficient (Wildman–Crippen LogP) is 5.39. The molecule has 2 aromatic carbocycles. The van der Waals surface area contributed by atoms with Gasteiger partial charge in [0.15, 0.2) is 11.0 Å². The number of carbonyl (C=O) groups is 1. The quantitative estimate of drug-likeness (QED) is 0.145. The first kappa shape index (κ1) is 30.6. The first-order valence-electron chi connectivity index (χ1n) is 14.5. The third-order valence-corrected chi connectivity index (χ3v) is 8.04. The number of allylic oxidation sites excluding steroid dienone is 1. The van der Waals surface area contributed by atoms with Gasteiger partial charge in [-0.15, -0.1) is 0 Å². The lowest BCUT2D eigenvalue weighted by Gasteiger charge is -2.43. The number of nitrogens with one attached hydrogen (secondary N) is 1. The smallest absolute Gasteiger partial charge is 0.333 e. The van der Waals surface area contributed by atoms with Crippen LogP contribution < -0.4 is 15.5 Å². The minimum Gasteiger partial charge on any atom is -0.508 e. The van der Waals surface area contributed by atoms with Gasteiger partial charge in [0.1, 0.15) is 52.5 Å². The third kappa shape index (κ3) is 5.85. The highest BCUT2D eigenvalue weighted by molar-refractivity contribution is 6.01. The van der Waals surface area contributed by atoms with E-state index in [0.29, 0.717) is 29.5 Å². The van der Waals surface area contributed by atoms with E-state index in [1.165, 1.54) is 12.1 Å². The minimum absolute atomic E-state index is 0.00367. The standard InChI is InChI=1S/C34H36N2O8/c1-5-19(3)33(41)43-26-16-24-30(40)29-25(39)15-23(18-37)42-32(29)28(21-8-7-9-22(38)14-21)31(24)44-34(26,4)13-12-20-10-11-27(35-6-2)36-17-20/h5,7-11,14-15,17,26,37-38,40H,6,12-13,16,18H2,1-4H3,(H,35,36). The fourth-order valence-electron chi connectivity index (χ4n) is 5.43. The number of hydrogen-bond donors (Lipinski definition) is 4. The normalized spacial score (nSPS) is 18.0. The molecular weight excluding hydrogens is 564 g/mol. The number of aliphatic hydroxyl groups is 1. The Hall–Kier alpha value is -4.83. The molecular formula is C34H36N2O8. The Bertz CT molecular complexity index is 1790. The first-order valence-corrected chi connectivity index (χ1v) is 14.5. The Morgan fingerprint density at radius 1 is 1.23 bits per heavy atom.